The van der Waals surface area contributed by atoms with E-state index in [-0.39, 0.29) is 24.6 Å². The molecule has 0 unspecified atom stereocenters. The average molecular weight is 360 g/mol. The van der Waals surface area contributed by atoms with Gasteiger partial charge in [-0.05, 0) is 25.1 Å². The Hall–Kier alpha value is -3.40. The van der Waals surface area contributed by atoms with Crippen molar-refractivity contribution in [2.45, 2.75) is 6.92 Å². The molecular formula is C23H20O4. The number of para-hydroxylation sites is 1. The molecule has 0 radical (unpaired) electrons. The van der Waals surface area contributed by atoms with E-state index in [9.17, 15) is 9.59 Å². The molecule has 0 saturated carbocycles. The third-order valence-corrected chi connectivity index (χ3v) is 4.03. The average Bonchev–Trinajstić information content (AvgIpc) is 2.72. The molecule has 0 saturated heterocycles. The van der Waals surface area contributed by atoms with Gasteiger partial charge in [0.15, 0.2) is 5.78 Å². The van der Waals surface area contributed by atoms with Gasteiger partial charge in [-0.2, -0.15) is 0 Å². The summed E-state index contributed by atoms with van der Waals surface area (Å²) >= 11 is 0. The van der Waals surface area contributed by atoms with Crippen LogP contribution >= 0.6 is 0 Å². The Kier molecular flexibility index (Phi) is 6.00. The molecule has 136 valence electrons. The highest BCUT2D eigenvalue weighted by molar-refractivity contribution is 6.14. The molecule has 0 aromatic heterocycles. The molecule has 0 aliphatic rings. The highest BCUT2D eigenvalue weighted by Crippen LogP contribution is 2.16. The first-order valence-electron chi connectivity index (χ1n) is 8.70. The van der Waals surface area contributed by atoms with E-state index in [1.165, 1.54) is 0 Å². The fourth-order valence-electron chi connectivity index (χ4n) is 2.61. The van der Waals surface area contributed by atoms with E-state index >= 15 is 0 Å². The normalized spacial score (nSPS) is 10.3. The third-order valence-electron chi connectivity index (χ3n) is 4.03. The summed E-state index contributed by atoms with van der Waals surface area (Å²) < 4.78 is 10.8. The quantitative estimate of drug-likeness (QED) is 0.355. The van der Waals surface area contributed by atoms with E-state index < -0.39 is 5.97 Å². The molecule has 3 aromatic rings. The van der Waals surface area contributed by atoms with Gasteiger partial charge in [-0.15, -0.1) is 0 Å². The van der Waals surface area contributed by atoms with Gasteiger partial charge in [0.05, 0.1) is 5.56 Å². The van der Waals surface area contributed by atoms with E-state index in [1.54, 1.807) is 36.4 Å². The minimum Gasteiger partial charge on any atom is -0.490 e. The van der Waals surface area contributed by atoms with Crippen molar-refractivity contribution in [3.63, 3.8) is 0 Å². The van der Waals surface area contributed by atoms with Gasteiger partial charge in [-0.1, -0.05) is 66.2 Å². The van der Waals surface area contributed by atoms with Crippen LogP contribution in [0.25, 0.3) is 0 Å². The van der Waals surface area contributed by atoms with Gasteiger partial charge in [0.1, 0.15) is 19.0 Å². The molecule has 0 amide bonds. The van der Waals surface area contributed by atoms with Gasteiger partial charge in [0.25, 0.3) is 0 Å². The SMILES string of the molecule is Cc1ccc(C(=O)c2ccccc2C(=O)OCCOc2ccccc2)cc1. The van der Waals surface area contributed by atoms with E-state index in [4.69, 9.17) is 9.47 Å². The van der Waals surface area contributed by atoms with Crippen molar-refractivity contribution < 1.29 is 19.1 Å². The minimum atomic E-state index is -0.539. The molecule has 0 aliphatic carbocycles. The van der Waals surface area contributed by atoms with Gasteiger partial charge in [0, 0.05) is 11.1 Å². The largest absolute Gasteiger partial charge is 0.490 e. The van der Waals surface area contributed by atoms with Gasteiger partial charge in [-0.3, -0.25) is 4.79 Å². The molecule has 0 bridgehead atoms. The lowest BCUT2D eigenvalue weighted by molar-refractivity contribution is 0.0448. The predicted molar refractivity (Wildman–Crippen MR) is 103 cm³/mol. The maximum atomic E-state index is 12.8. The summed E-state index contributed by atoms with van der Waals surface area (Å²) in [6.45, 7) is 2.29. The summed E-state index contributed by atoms with van der Waals surface area (Å²) in [7, 11) is 0. The number of hydrogen-bond acceptors (Lipinski definition) is 4. The lowest BCUT2D eigenvalue weighted by Gasteiger charge is -2.10. The number of carbonyl (C=O) groups excluding carboxylic acids is 2. The Labute approximate surface area is 158 Å². The summed E-state index contributed by atoms with van der Waals surface area (Å²) in [6.07, 6.45) is 0. The molecule has 4 heteroatoms. The summed E-state index contributed by atoms with van der Waals surface area (Å²) in [5, 5.41) is 0. The van der Waals surface area contributed by atoms with Crippen LogP contribution in [0.5, 0.6) is 5.75 Å². The zero-order valence-corrected chi connectivity index (χ0v) is 15.1. The van der Waals surface area contributed by atoms with Crippen LogP contribution in [0.3, 0.4) is 0 Å². The maximum Gasteiger partial charge on any atom is 0.339 e. The predicted octanol–water partition coefficient (Wildman–Crippen LogP) is 4.46. The second-order valence-electron chi connectivity index (χ2n) is 6.04. The fourth-order valence-corrected chi connectivity index (χ4v) is 2.61. The lowest BCUT2D eigenvalue weighted by Crippen LogP contribution is -2.16. The number of ketones is 1. The maximum absolute atomic E-state index is 12.8. The molecule has 0 atom stereocenters. The summed E-state index contributed by atoms with van der Waals surface area (Å²) in [5.41, 5.74) is 2.18. The van der Waals surface area contributed by atoms with Crippen molar-refractivity contribution >= 4 is 11.8 Å². The Morgan fingerprint density at radius 3 is 2.07 bits per heavy atom. The van der Waals surface area contributed by atoms with Crippen LogP contribution < -0.4 is 4.74 Å². The highest BCUT2D eigenvalue weighted by Gasteiger charge is 2.19. The number of hydrogen-bond donors (Lipinski definition) is 0. The van der Waals surface area contributed by atoms with Gasteiger partial charge in [-0.25, -0.2) is 4.79 Å². The highest BCUT2D eigenvalue weighted by atomic mass is 16.6. The summed E-state index contributed by atoms with van der Waals surface area (Å²) in [6, 6.07) is 23.2. The van der Waals surface area contributed by atoms with Crippen molar-refractivity contribution in [3.8, 4) is 5.75 Å². The van der Waals surface area contributed by atoms with E-state index in [2.05, 4.69) is 0 Å². The third kappa shape index (κ3) is 4.82. The minimum absolute atomic E-state index is 0.0980. The van der Waals surface area contributed by atoms with E-state index in [1.807, 2.05) is 49.4 Å². The first-order valence-corrected chi connectivity index (χ1v) is 8.70. The Balaban J connectivity index is 1.65. The zero-order valence-electron chi connectivity index (χ0n) is 15.1. The standard InChI is InChI=1S/C23H20O4/c1-17-11-13-18(14-12-17)22(24)20-9-5-6-10-21(20)23(25)27-16-15-26-19-7-3-2-4-8-19/h2-14H,15-16H2,1H3. The molecule has 0 fully saturated rings. The number of benzene rings is 3. The van der Waals surface area contributed by atoms with Gasteiger partial charge < -0.3 is 9.47 Å². The Morgan fingerprint density at radius 1 is 0.741 bits per heavy atom. The number of rotatable bonds is 7. The van der Waals surface area contributed by atoms with E-state index in [0.29, 0.717) is 16.9 Å². The topological polar surface area (TPSA) is 52.6 Å². The van der Waals surface area contributed by atoms with Gasteiger partial charge in [0.2, 0.25) is 0 Å². The Bertz CT molecular complexity index is 915. The van der Waals surface area contributed by atoms with Crippen LogP contribution in [-0.4, -0.2) is 25.0 Å². The van der Waals surface area contributed by atoms with Crippen molar-refractivity contribution in [3.05, 3.63) is 101 Å². The molecular weight excluding hydrogens is 340 g/mol. The van der Waals surface area contributed by atoms with Crippen LogP contribution in [0.2, 0.25) is 0 Å². The lowest BCUT2D eigenvalue weighted by atomic mass is 9.98. The monoisotopic (exact) mass is 360 g/mol. The second kappa shape index (κ2) is 8.81. The molecule has 0 N–H and O–H groups in total. The summed E-state index contributed by atoms with van der Waals surface area (Å²) in [4.78, 5) is 25.2. The van der Waals surface area contributed by atoms with Crippen molar-refractivity contribution in [2.75, 3.05) is 13.2 Å². The molecule has 0 aliphatic heterocycles. The molecule has 0 spiro atoms. The molecule has 4 nitrogen and oxygen atoms in total. The molecule has 27 heavy (non-hydrogen) atoms. The number of aryl methyl sites for hydroxylation is 1. The molecule has 3 aromatic carbocycles. The van der Waals surface area contributed by atoms with Gasteiger partial charge >= 0.3 is 5.97 Å². The van der Waals surface area contributed by atoms with Crippen molar-refractivity contribution in [1.29, 1.82) is 0 Å². The molecule has 0 heterocycles. The first-order chi connectivity index (χ1) is 13.1. The van der Waals surface area contributed by atoms with Crippen LogP contribution in [0, 0.1) is 6.92 Å². The fraction of sp³-hybridized carbons (Fsp3) is 0.130. The van der Waals surface area contributed by atoms with Crippen molar-refractivity contribution in [1.82, 2.24) is 0 Å². The first kappa shape index (κ1) is 18.4. The Morgan fingerprint density at radius 2 is 1.37 bits per heavy atom. The second-order valence-corrected chi connectivity index (χ2v) is 6.04. The van der Waals surface area contributed by atoms with E-state index in [0.717, 1.165) is 5.56 Å². The summed E-state index contributed by atoms with van der Waals surface area (Å²) in [5.74, 6) is -0.0330. The van der Waals surface area contributed by atoms with Crippen LogP contribution in [0.4, 0.5) is 0 Å². The zero-order chi connectivity index (χ0) is 19.1. The smallest absolute Gasteiger partial charge is 0.339 e. The molecule has 3 rings (SSSR count). The van der Waals surface area contributed by atoms with Crippen molar-refractivity contribution in [2.24, 2.45) is 0 Å². The number of esters is 1. The van der Waals surface area contributed by atoms with Crippen LogP contribution in [0.1, 0.15) is 31.8 Å². The van der Waals surface area contributed by atoms with Crippen LogP contribution in [0.15, 0.2) is 78.9 Å². The number of carbonyl (C=O) groups is 2. The number of ether oxygens (including phenoxy) is 2. The van der Waals surface area contributed by atoms with Crippen LogP contribution in [-0.2, 0) is 4.74 Å².